The molecule has 0 bridgehead atoms. The van der Waals surface area contributed by atoms with Crippen LogP contribution in [-0.4, -0.2) is 22.0 Å². The van der Waals surface area contributed by atoms with Gasteiger partial charge in [-0.2, -0.15) is 0 Å². The zero-order valence-electron chi connectivity index (χ0n) is 30.9. The number of rotatable bonds is 8. The first kappa shape index (κ1) is 37.7. The molecule has 0 unspecified atom stereocenters. The molecule has 47 heavy (non-hydrogen) atoms. The lowest BCUT2D eigenvalue weighted by Crippen LogP contribution is -2.23. The molecule has 0 spiro atoms. The van der Waals surface area contributed by atoms with Crippen LogP contribution in [0.15, 0.2) is 60.0 Å². The first-order valence-corrected chi connectivity index (χ1v) is 16.9. The number of phenolic OH excluding ortho intramolecular Hbond substituents is 2. The number of aromatic hydroxyl groups is 2. The van der Waals surface area contributed by atoms with Crippen LogP contribution in [0, 0.1) is 0 Å². The summed E-state index contributed by atoms with van der Waals surface area (Å²) in [4.78, 5) is 25.9. The highest BCUT2D eigenvalue weighted by atomic mass is 16.3. The Balaban J connectivity index is 1.64. The smallest absolute Gasteiger partial charge is 0.224 e. The lowest BCUT2D eigenvalue weighted by Gasteiger charge is -2.28. The first-order chi connectivity index (χ1) is 21.5. The van der Waals surface area contributed by atoms with Gasteiger partial charge < -0.3 is 20.8 Å². The fourth-order valence-corrected chi connectivity index (χ4v) is 5.75. The fraction of sp³-hybridized carbons (Fsp3) is 0.512. The molecule has 2 aromatic carbocycles. The Kier molecular flexibility index (Phi) is 11.3. The van der Waals surface area contributed by atoms with Gasteiger partial charge in [0.2, 0.25) is 11.8 Å². The van der Waals surface area contributed by atoms with Crippen LogP contribution in [0.4, 0.5) is 0 Å². The Morgan fingerprint density at radius 3 is 1.32 bits per heavy atom. The van der Waals surface area contributed by atoms with Crippen LogP contribution in [0.3, 0.4) is 0 Å². The molecule has 2 amide bonds. The standard InChI is InChI=1S/C41H58N2O4/c1-38(2,3)30-22-26(23-31(36(30)46)39(4,5)6)16-20-34(44)42-28-14-13-15-29(19-18-28)43-35(45)21-17-27-24-32(40(7,8)9)37(47)33(25-27)41(10,11)12/h13-14,18-19,22-25,46-47H,15-17,20-21H2,1-12H3,(H,42,44)(H,43,45). The molecule has 0 saturated carbocycles. The number of nitrogens with one attached hydrogen (secondary N) is 2. The number of amides is 2. The molecule has 256 valence electrons. The predicted molar refractivity (Wildman–Crippen MR) is 194 cm³/mol. The number of carbonyl (C=O) groups is 2. The van der Waals surface area contributed by atoms with Gasteiger partial charge >= 0.3 is 0 Å². The summed E-state index contributed by atoms with van der Waals surface area (Å²) < 4.78 is 0. The number of benzene rings is 2. The second-order valence-electron chi connectivity index (χ2n) is 17.1. The highest BCUT2D eigenvalue weighted by Gasteiger charge is 2.28. The van der Waals surface area contributed by atoms with E-state index in [0.29, 0.717) is 49.3 Å². The highest BCUT2D eigenvalue weighted by molar-refractivity contribution is 5.79. The number of hydrogen-bond donors (Lipinski definition) is 4. The maximum absolute atomic E-state index is 13.0. The summed E-state index contributed by atoms with van der Waals surface area (Å²) in [5.41, 5.74) is 6.15. The molecular formula is C41H58N2O4. The van der Waals surface area contributed by atoms with Crippen LogP contribution >= 0.6 is 0 Å². The zero-order chi connectivity index (χ0) is 35.5. The monoisotopic (exact) mass is 642 g/mol. The van der Waals surface area contributed by atoms with E-state index >= 15 is 0 Å². The van der Waals surface area contributed by atoms with Crippen molar-refractivity contribution >= 4 is 11.8 Å². The van der Waals surface area contributed by atoms with E-state index in [4.69, 9.17) is 0 Å². The molecule has 0 saturated heterocycles. The quantitative estimate of drug-likeness (QED) is 0.231. The van der Waals surface area contributed by atoms with Crippen LogP contribution in [0.2, 0.25) is 0 Å². The molecule has 6 nitrogen and oxygen atoms in total. The van der Waals surface area contributed by atoms with Crippen LogP contribution in [0.1, 0.15) is 136 Å². The molecule has 6 heteroatoms. The summed E-state index contributed by atoms with van der Waals surface area (Å²) in [7, 11) is 0. The van der Waals surface area contributed by atoms with Gasteiger partial charge in [-0.05, 0) is 86.1 Å². The van der Waals surface area contributed by atoms with Gasteiger partial charge in [0, 0.05) is 30.7 Å². The van der Waals surface area contributed by atoms with Gasteiger partial charge in [0.15, 0.2) is 0 Å². The Hall–Kier alpha value is -3.80. The SMILES string of the molecule is CC(C)(C)c1cc(CCC(=O)NC2=CC=C(NC(=O)CCc3cc(C(C)(C)C)c(O)c(C(C)(C)C)c3)CC=C2)cc(C(C)(C)C)c1O. The molecule has 1 aliphatic carbocycles. The Morgan fingerprint density at radius 1 is 0.596 bits per heavy atom. The average molecular weight is 643 g/mol. The van der Waals surface area contributed by atoms with Crippen molar-refractivity contribution in [1.82, 2.24) is 10.6 Å². The summed E-state index contributed by atoms with van der Waals surface area (Å²) in [5.74, 6) is 0.508. The van der Waals surface area contributed by atoms with Crippen LogP contribution in [-0.2, 0) is 44.1 Å². The van der Waals surface area contributed by atoms with Gasteiger partial charge in [-0.15, -0.1) is 0 Å². The molecule has 2 aromatic rings. The fourth-order valence-electron chi connectivity index (χ4n) is 5.75. The van der Waals surface area contributed by atoms with Crippen molar-refractivity contribution in [2.45, 2.75) is 137 Å². The third-order valence-corrected chi connectivity index (χ3v) is 8.54. The molecule has 0 fully saturated rings. The summed E-state index contributed by atoms with van der Waals surface area (Å²) >= 11 is 0. The van der Waals surface area contributed by atoms with Crippen LogP contribution in [0.5, 0.6) is 11.5 Å². The molecule has 0 heterocycles. The molecule has 0 atom stereocenters. The topological polar surface area (TPSA) is 98.7 Å². The normalized spacial score (nSPS) is 14.3. The molecule has 3 rings (SSSR count). The Bertz CT molecular complexity index is 1510. The summed E-state index contributed by atoms with van der Waals surface area (Å²) in [6, 6.07) is 8.10. The molecule has 1 aliphatic rings. The maximum atomic E-state index is 13.0. The third kappa shape index (κ3) is 10.3. The van der Waals surface area contributed by atoms with E-state index in [1.54, 1.807) is 0 Å². The van der Waals surface area contributed by atoms with Gasteiger partial charge in [-0.25, -0.2) is 0 Å². The molecule has 4 N–H and O–H groups in total. The lowest BCUT2D eigenvalue weighted by atomic mass is 9.78. The minimum absolute atomic E-state index is 0.0774. The first-order valence-electron chi connectivity index (χ1n) is 16.9. The van der Waals surface area contributed by atoms with Gasteiger partial charge in [-0.3, -0.25) is 9.59 Å². The van der Waals surface area contributed by atoms with E-state index in [-0.39, 0.29) is 33.5 Å². The second-order valence-corrected chi connectivity index (χ2v) is 17.1. The van der Waals surface area contributed by atoms with Crippen molar-refractivity contribution in [3.05, 3.63) is 93.3 Å². The molecule has 0 radical (unpaired) electrons. The van der Waals surface area contributed by atoms with Gasteiger partial charge in [0.05, 0.1) is 0 Å². The summed E-state index contributed by atoms with van der Waals surface area (Å²) in [5, 5.41) is 28.1. The summed E-state index contributed by atoms with van der Waals surface area (Å²) in [6.45, 7) is 25.0. The van der Waals surface area contributed by atoms with E-state index < -0.39 is 0 Å². The number of allylic oxidation sites excluding steroid dienone is 4. The number of hydrogen-bond acceptors (Lipinski definition) is 4. The molecule has 0 aromatic heterocycles. The minimum atomic E-state index is -0.227. The number of aryl methyl sites for hydroxylation is 2. The van der Waals surface area contributed by atoms with E-state index in [2.05, 4.69) is 93.7 Å². The largest absolute Gasteiger partial charge is 0.507 e. The highest BCUT2D eigenvalue weighted by Crippen LogP contribution is 2.41. The van der Waals surface area contributed by atoms with Crippen molar-refractivity contribution in [3.63, 3.8) is 0 Å². The average Bonchev–Trinajstić information content (AvgIpc) is 3.13. The van der Waals surface area contributed by atoms with E-state index in [1.807, 2.05) is 48.6 Å². The Labute approximate surface area is 283 Å². The van der Waals surface area contributed by atoms with Crippen molar-refractivity contribution in [2.24, 2.45) is 0 Å². The van der Waals surface area contributed by atoms with Crippen LogP contribution in [0.25, 0.3) is 0 Å². The van der Waals surface area contributed by atoms with Crippen LogP contribution < -0.4 is 10.6 Å². The van der Waals surface area contributed by atoms with Gasteiger partial charge in [-0.1, -0.05) is 113 Å². The predicted octanol–water partition coefficient (Wildman–Crippen LogP) is 8.81. The minimum Gasteiger partial charge on any atom is -0.507 e. The van der Waals surface area contributed by atoms with Gasteiger partial charge in [0.1, 0.15) is 11.5 Å². The number of phenols is 2. The summed E-state index contributed by atoms with van der Waals surface area (Å²) in [6.07, 6.45) is 9.74. The van der Waals surface area contributed by atoms with E-state index in [1.165, 1.54) is 0 Å². The second kappa shape index (κ2) is 14.1. The van der Waals surface area contributed by atoms with Crippen molar-refractivity contribution < 1.29 is 19.8 Å². The molecule has 0 aliphatic heterocycles. The van der Waals surface area contributed by atoms with Crippen molar-refractivity contribution in [1.29, 1.82) is 0 Å². The number of carbonyl (C=O) groups excluding carboxylic acids is 2. The van der Waals surface area contributed by atoms with Crippen molar-refractivity contribution in [2.75, 3.05) is 0 Å². The third-order valence-electron chi connectivity index (χ3n) is 8.54. The maximum Gasteiger partial charge on any atom is 0.224 e. The Morgan fingerprint density at radius 2 is 0.957 bits per heavy atom. The lowest BCUT2D eigenvalue weighted by molar-refractivity contribution is -0.121. The van der Waals surface area contributed by atoms with Gasteiger partial charge in [0.25, 0.3) is 0 Å². The molecular weight excluding hydrogens is 584 g/mol. The van der Waals surface area contributed by atoms with E-state index in [9.17, 15) is 19.8 Å². The van der Waals surface area contributed by atoms with Crippen molar-refractivity contribution in [3.8, 4) is 11.5 Å². The zero-order valence-corrected chi connectivity index (χ0v) is 30.9. The van der Waals surface area contributed by atoms with E-state index in [0.717, 1.165) is 39.1 Å².